The van der Waals surface area contributed by atoms with Crippen molar-refractivity contribution in [2.75, 3.05) is 31.3 Å². The first kappa shape index (κ1) is 20.9. The van der Waals surface area contributed by atoms with Gasteiger partial charge in [0.2, 0.25) is 5.91 Å². The Hall–Kier alpha value is -2.38. The minimum absolute atomic E-state index is 0.0455. The molecule has 7 heteroatoms. The van der Waals surface area contributed by atoms with Crippen molar-refractivity contribution < 1.29 is 19.4 Å². The number of aliphatic hydroxyl groups is 1. The van der Waals surface area contributed by atoms with Gasteiger partial charge < -0.3 is 19.5 Å². The number of ether oxygens (including phenoxy) is 2. The van der Waals surface area contributed by atoms with E-state index in [4.69, 9.17) is 9.47 Å². The van der Waals surface area contributed by atoms with Crippen molar-refractivity contribution in [1.29, 1.82) is 0 Å². The fourth-order valence-corrected chi connectivity index (χ4v) is 4.52. The van der Waals surface area contributed by atoms with Crippen LogP contribution in [0.1, 0.15) is 38.7 Å². The molecule has 0 saturated carbocycles. The molecule has 0 bridgehead atoms. The van der Waals surface area contributed by atoms with Crippen LogP contribution in [0.25, 0.3) is 11.1 Å². The second-order valence-electron chi connectivity index (χ2n) is 8.30. The zero-order chi connectivity index (χ0) is 21.1. The smallest absolute Gasteiger partial charge is 0.224 e. The number of anilines is 1. The molecule has 0 radical (unpaired) electrons. The van der Waals surface area contributed by atoms with Gasteiger partial charge in [0.05, 0.1) is 31.6 Å². The van der Waals surface area contributed by atoms with Gasteiger partial charge in [-0.2, -0.15) is 5.10 Å². The number of rotatable bonds is 6. The van der Waals surface area contributed by atoms with Crippen molar-refractivity contribution in [3.63, 3.8) is 0 Å². The summed E-state index contributed by atoms with van der Waals surface area (Å²) in [5.41, 5.74) is 4.00. The number of carbonyl (C=O) groups is 1. The summed E-state index contributed by atoms with van der Waals surface area (Å²) in [4.78, 5) is 14.2. The summed E-state index contributed by atoms with van der Waals surface area (Å²) < 4.78 is 13.7. The highest BCUT2D eigenvalue weighted by Crippen LogP contribution is 2.43. The number of fused-ring (bicyclic) bond motifs is 1. The molecule has 3 heterocycles. The molecule has 1 fully saturated rings. The standard InChI is InChI=1S/C23H31N3O4/c1-16-3-4-21-22(26(16)17(2)28)6-5-20(19-13-24-25(14-19)9-10-27)23(21)30-15-18-7-11-29-12-8-18/h5-6,13-14,16,18,27H,3-4,7-12,15H2,1-2H3/t16-/m0/s1. The predicted molar refractivity (Wildman–Crippen MR) is 115 cm³/mol. The number of carbonyl (C=O) groups excluding carboxylic acids is 1. The summed E-state index contributed by atoms with van der Waals surface area (Å²) in [6, 6.07) is 4.25. The quantitative estimate of drug-likeness (QED) is 0.788. The minimum Gasteiger partial charge on any atom is -0.492 e. The number of hydrogen-bond acceptors (Lipinski definition) is 5. The Bertz CT molecular complexity index is 889. The van der Waals surface area contributed by atoms with Gasteiger partial charge in [-0.15, -0.1) is 0 Å². The maximum Gasteiger partial charge on any atom is 0.224 e. The molecule has 1 aromatic carbocycles. The zero-order valence-electron chi connectivity index (χ0n) is 17.8. The second-order valence-corrected chi connectivity index (χ2v) is 8.30. The van der Waals surface area contributed by atoms with E-state index in [-0.39, 0.29) is 18.6 Å². The predicted octanol–water partition coefficient (Wildman–Crippen LogP) is 3.04. The molecule has 2 aromatic rings. The van der Waals surface area contributed by atoms with Gasteiger partial charge in [-0.1, -0.05) is 0 Å². The Balaban J connectivity index is 1.72. The fraction of sp³-hybridized carbons (Fsp3) is 0.565. The van der Waals surface area contributed by atoms with Crippen LogP contribution >= 0.6 is 0 Å². The highest BCUT2D eigenvalue weighted by Gasteiger charge is 2.30. The molecule has 1 saturated heterocycles. The lowest BCUT2D eigenvalue weighted by molar-refractivity contribution is -0.117. The van der Waals surface area contributed by atoms with Crippen LogP contribution in [0, 0.1) is 5.92 Å². The molecule has 7 nitrogen and oxygen atoms in total. The largest absolute Gasteiger partial charge is 0.492 e. The summed E-state index contributed by atoms with van der Waals surface area (Å²) in [5.74, 6) is 1.40. The molecule has 2 aliphatic rings. The second kappa shape index (κ2) is 9.18. The monoisotopic (exact) mass is 413 g/mol. The lowest BCUT2D eigenvalue weighted by Gasteiger charge is -2.36. The van der Waals surface area contributed by atoms with Crippen LogP contribution in [0.4, 0.5) is 5.69 Å². The Morgan fingerprint density at radius 3 is 2.83 bits per heavy atom. The van der Waals surface area contributed by atoms with Crippen LogP contribution in [0.5, 0.6) is 5.75 Å². The molecular weight excluding hydrogens is 382 g/mol. The third-order valence-corrected chi connectivity index (χ3v) is 6.17. The molecule has 0 aliphatic carbocycles. The zero-order valence-corrected chi connectivity index (χ0v) is 17.8. The van der Waals surface area contributed by atoms with Crippen LogP contribution in [-0.2, 0) is 22.5 Å². The Kier molecular flexibility index (Phi) is 6.39. The van der Waals surface area contributed by atoms with E-state index in [2.05, 4.69) is 12.0 Å². The fourth-order valence-electron chi connectivity index (χ4n) is 4.52. The van der Waals surface area contributed by atoms with E-state index in [0.29, 0.717) is 19.1 Å². The molecule has 0 spiro atoms. The molecule has 1 N–H and O–H groups in total. The Labute approximate surface area is 177 Å². The van der Waals surface area contributed by atoms with E-state index in [9.17, 15) is 9.90 Å². The van der Waals surface area contributed by atoms with E-state index in [0.717, 1.165) is 67.0 Å². The maximum absolute atomic E-state index is 12.4. The maximum atomic E-state index is 12.4. The first-order valence-electron chi connectivity index (χ1n) is 10.9. The van der Waals surface area contributed by atoms with Crippen molar-refractivity contribution in [1.82, 2.24) is 9.78 Å². The van der Waals surface area contributed by atoms with Gasteiger partial charge in [-0.3, -0.25) is 9.48 Å². The molecule has 1 aromatic heterocycles. The van der Waals surface area contributed by atoms with Crippen molar-refractivity contribution in [3.05, 3.63) is 30.1 Å². The van der Waals surface area contributed by atoms with Gasteiger partial charge in [-0.25, -0.2) is 0 Å². The van der Waals surface area contributed by atoms with Gasteiger partial charge in [0.15, 0.2) is 0 Å². The van der Waals surface area contributed by atoms with Gasteiger partial charge in [0.25, 0.3) is 0 Å². The van der Waals surface area contributed by atoms with Crippen LogP contribution in [0.2, 0.25) is 0 Å². The third-order valence-electron chi connectivity index (χ3n) is 6.17. The summed E-state index contributed by atoms with van der Waals surface area (Å²) in [6.45, 7) is 6.45. The number of aliphatic hydroxyl groups excluding tert-OH is 1. The Morgan fingerprint density at radius 2 is 2.10 bits per heavy atom. The van der Waals surface area contributed by atoms with Crippen molar-refractivity contribution in [3.8, 4) is 16.9 Å². The summed E-state index contributed by atoms with van der Waals surface area (Å²) >= 11 is 0. The highest BCUT2D eigenvalue weighted by atomic mass is 16.5. The van der Waals surface area contributed by atoms with Crippen molar-refractivity contribution >= 4 is 11.6 Å². The number of benzene rings is 1. The first-order valence-corrected chi connectivity index (χ1v) is 10.9. The lowest BCUT2D eigenvalue weighted by Crippen LogP contribution is -2.40. The minimum atomic E-state index is 0.0455. The Morgan fingerprint density at radius 1 is 1.30 bits per heavy atom. The average molecular weight is 414 g/mol. The van der Waals surface area contributed by atoms with E-state index in [1.54, 1.807) is 11.6 Å². The van der Waals surface area contributed by atoms with Crippen molar-refractivity contribution in [2.45, 2.75) is 52.1 Å². The van der Waals surface area contributed by atoms with Crippen molar-refractivity contribution in [2.24, 2.45) is 5.92 Å². The number of nitrogens with zero attached hydrogens (tertiary/aromatic N) is 3. The van der Waals surface area contributed by atoms with E-state index in [1.165, 1.54) is 0 Å². The molecule has 4 rings (SSSR count). The lowest BCUT2D eigenvalue weighted by atomic mass is 9.92. The topological polar surface area (TPSA) is 76.8 Å². The number of hydrogen-bond donors (Lipinski definition) is 1. The van der Waals surface area contributed by atoms with Gasteiger partial charge in [0.1, 0.15) is 5.75 Å². The number of aromatic nitrogens is 2. The van der Waals surface area contributed by atoms with Gasteiger partial charge >= 0.3 is 0 Å². The molecule has 1 amide bonds. The summed E-state index contributed by atoms with van der Waals surface area (Å²) in [5, 5.41) is 13.6. The van der Waals surface area contributed by atoms with Gasteiger partial charge in [0, 0.05) is 49.1 Å². The summed E-state index contributed by atoms with van der Waals surface area (Å²) in [6.07, 6.45) is 7.56. The van der Waals surface area contributed by atoms with Crippen LogP contribution in [-0.4, -0.2) is 53.3 Å². The molecule has 30 heavy (non-hydrogen) atoms. The van der Waals surface area contributed by atoms with E-state index < -0.39 is 0 Å². The average Bonchev–Trinajstić information content (AvgIpc) is 3.20. The van der Waals surface area contributed by atoms with Crippen LogP contribution < -0.4 is 9.64 Å². The third kappa shape index (κ3) is 4.23. The molecule has 162 valence electrons. The molecular formula is C23H31N3O4. The normalized spacial score (nSPS) is 19.6. The van der Waals surface area contributed by atoms with Crippen LogP contribution in [0.15, 0.2) is 24.5 Å². The summed E-state index contributed by atoms with van der Waals surface area (Å²) in [7, 11) is 0. The molecule has 0 unspecified atom stereocenters. The molecule has 1 atom stereocenters. The highest BCUT2D eigenvalue weighted by molar-refractivity contribution is 5.95. The first-order chi connectivity index (χ1) is 14.6. The SMILES string of the molecule is CC(=O)N1c2ccc(-c3cnn(CCO)c3)c(OCC3CCOCC3)c2CC[C@@H]1C. The van der Waals surface area contributed by atoms with E-state index >= 15 is 0 Å². The number of amides is 1. The van der Waals surface area contributed by atoms with Crippen LogP contribution in [0.3, 0.4) is 0 Å². The molecule has 2 aliphatic heterocycles. The van der Waals surface area contributed by atoms with Gasteiger partial charge in [-0.05, 0) is 50.7 Å². The van der Waals surface area contributed by atoms with E-state index in [1.807, 2.05) is 29.4 Å².